The molecule has 0 radical (unpaired) electrons. The average molecular weight is 815 g/mol. The number of benzene rings is 10. The van der Waals surface area contributed by atoms with Gasteiger partial charge in [0.25, 0.3) is 0 Å². The van der Waals surface area contributed by atoms with E-state index in [1.54, 1.807) is 0 Å². The minimum atomic E-state index is -0.594. The molecule has 12 aromatic rings. The van der Waals surface area contributed by atoms with Gasteiger partial charge in [-0.3, -0.25) is 0 Å². The van der Waals surface area contributed by atoms with E-state index in [1.165, 1.54) is 72.0 Å². The topological polar surface area (TPSA) is 21.3 Å². The van der Waals surface area contributed by atoms with E-state index in [0.29, 0.717) is 0 Å². The second-order valence-corrected chi connectivity index (χ2v) is 17.1. The monoisotopic (exact) mass is 814 g/mol. The van der Waals surface area contributed by atoms with E-state index in [1.807, 2.05) is 0 Å². The van der Waals surface area contributed by atoms with Gasteiger partial charge in [0.15, 0.2) is 5.58 Å². The van der Waals surface area contributed by atoms with E-state index in [4.69, 9.17) is 4.42 Å². The van der Waals surface area contributed by atoms with Gasteiger partial charge < -0.3 is 13.9 Å². The van der Waals surface area contributed by atoms with Crippen LogP contribution in [0.4, 0.5) is 17.1 Å². The highest BCUT2D eigenvalue weighted by atomic mass is 16.3. The molecule has 0 fully saturated rings. The predicted molar refractivity (Wildman–Crippen MR) is 264 cm³/mol. The molecule has 0 bridgehead atoms. The van der Waals surface area contributed by atoms with Gasteiger partial charge in [0.05, 0.1) is 39.2 Å². The number of anilines is 3. The number of fused-ring (bicyclic) bond motifs is 15. The summed E-state index contributed by atoms with van der Waals surface area (Å²) in [6, 6.07) is 84.5. The molecule has 64 heavy (non-hydrogen) atoms. The smallest absolute Gasteiger partial charge is 0.159 e. The zero-order chi connectivity index (χ0) is 41.9. The fraction of sp³-hybridized carbons (Fsp3) is 0.0164. The molecule has 14 rings (SSSR count). The SMILES string of the molecule is c1ccc(-c2cccc(-c3ccccc3N(c3cccc4c3-c3ccccc3C43c4ccccc4-n4c5ccccc5c5cccc3c54)c3cccc4c3oc3ccccc34)c2)cc1. The van der Waals surface area contributed by atoms with Gasteiger partial charge in [-0.25, -0.2) is 0 Å². The largest absolute Gasteiger partial charge is 0.454 e. The van der Waals surface area contributed by atoms with Crippen LogP contribution in [0.1, 0.15) is 22.3 Å². The number of rotatable bonds is 5. The van der Waals surface area contributed by atoms with Gasteiger partial charge in [-0.05, 0) is 87.0 Å². The summed E-state index contributed by atoms with van der Waals surface area (Å²) in [6.07, 6.45) is 0. The number of para-hydroxylation sites is 6. The molecular weight excluding hydrogens is 777 g/mol. The molecule has 1 unspecified atom stereocenters. The van der Waals surface area contributed by atoms with Crippen LogP contribution in [-0.4, -0.2) is 4.57 Å². The van der Waals surface area contributed by atoms with Crippen LogP contribution in [-0.2, 0) is 5.41 Å². The van der Waals surface area contributed by atoms with Crippen LogP contribution in [0.2, 0.25) is 0 Å². The average Bonchev–Trinajstić information content (AvgIpc) is 4.02. The predicted octanol–water partition coefficient (Wildman–Crippen LogP) is 16.2. The molecule has 2 aliphatic rings. The zero-order valence-electron chi connectivity index (χ0n) is 34.7. The van der Waals surface area contributed by atoms with E-state index < -0.39 is 5.41 Å². The van der Waals surface area contributed by atoms with Crippen molar-refractivity contribution >= 4 is 60.8 Å². The number of hydrogen-bond acceptors (Lipinski definition) is 2. The number of nitrogens with zero attached hydrogens (tertiary/aromatic N) is 2. The van der Waals surface area contributed by atoms with Crippen molar-refractivity contribution in [2.24, 2.45) is 0 Å². The third kappa shape index (κ3) is 4.65. The summed E-state index contributed by atoms with van der Waals surface area (Å²) in [5.74, 6) is 0. The molecule has 1 aliphatic heterocycles. The molecule has 0 saturated heterocycles. The lowest BCUT2D eigenvalue weighted by Gasteiger charge is -2.39. The van der Waals surface area contributed by atoms with E-state index in [2.05, 4.69) is 240 Å². The summed E-state index contributed by atoms with van der Waals surface area (Å²) in [4.78, 5) is 2.48. The summed E-state index contributed by atoms with van der Waals surface area (Å²) in [6.45, 7) is 0. The number of hydrogen-bond donors (Lipinski definition) is 0. The van der Waals surface area contributed by atoms with Crippen LogP contribution in [0.5, 0.6) is 0 Å². The lowest BCUT2D eigenvalue weighted by atomic mass is 9.65. The fourth-order valence-corrected chi connectivity index (χ4v) is 11.5. The summed E-state index contributed by atoms with van der Waals surface area (Å²) in [7, 11) is 0. The van der Waals surface area contributed by atoms with Crippen LogP contribution in [0.25, 0.3) is 82.8 Å². The quantitative estimate of drug-likeness (QED) is 0.173. The highest BCUT2D eigenvalue weighted by Gasteiger charge is 2.51. The van der Waals surface area contributed by atoms with Gasteiger partial charge in [0.2, 0.25) is 0 Å². The standard InChI is InChI=1S/C61H38N2O/c1-2-18-39(19-3-1)40-20-14-21-41(38-40)42-22-5-10-32-52(42)62(56-36-16-27-46-44-24-7-13-37-57(44)64-60(46)56)55-35-17-30-50-58(55)47-25-4-8-28-48(47)61(50)49-29-9-12-34-54(49)63-53-33-11-6-23-43(53)45-26-15-31-51(61)59(45)63/h1-38H. The lowest BCUT2D eigenvalue weighted by Crippen LogP contribution is -2.33. The lowest BCUT2D eigenvalue weighted by molar-refractivity contribution is 0.669. The molecule has 0 amide bonds. The number of aromatic nitrogens is 1. The molecule has 1 spiro atoms. The molecule has 3 heterocycles. The molecule has 0 N–H and O–H groups in total. The first-order valence-corrected chi connectivity index (χ1v) is 22.1. The Kier molecular flexibility index (Phi) is 7.32. The van der Waals surface area contributed by atoms with E-state index in [0.717, 1.165) is 50.1 Å². The van der Waals surface area contributed by atoms with Gasteiger partial charge in [-0.1, -0.05) is 188 Å². The molecule has 1 atom stereocenters. The molecule has 2 aromatic heterocycles. The minimum Gasteiger partial charge on any atom is -0.454 e. The number of furan rings is 1. The third-order valence-corrected chi connectivity index (χ3v) is 14.0. The first kappa shape index (κ1) is 35.2. The minimum absolute atomic E-state index is 0.594. The summed E-state index contributed by atoms with van der Waals surface area (Å²) < 4.78 is 9.45. The molecule has 3 heteroatoms. The Morgan fingerprint density at radius 1 is 0.375 bits per heavy atom. The Morgan fingerprint density at radius 3 is 1.89 bits per heavy atom. The van der Waals surface area contributed by atoms with Gasteiger partial charge in [0.1, 0.15) is 5.58 Å². The second-order valence-electron chi connectivity index (χ2n) is 17.1. The highest BCUT2D eigenvalue weighted by molar-refractivity contribution is 6.15. The van der Waals surface area contributed by atoms with Crippen molar-refractivity contribution in [3.05, 3.63) is 253 Å². The first-order chi connectivity index (χ1) is 31.8. The normalized spacial score (nSPS) is 14.6. The van der Waals surface area contributed by atoms with Crippen LogP contribution in [0.3, 0.4) is 0 Å². The molecule has 298 valence electrons. The maximum Gasteiger partial charge on any atom is 0.159 e. The van der Waals surface area contributed by atoms with Crippen molar-refractivity contribution in [2.75, 3.05) is 4.90 Å². The van der Waals surface area contributed by atoms with Gasteiger partial charge in [-0.2, -0.15) is 0 Å². The Hall–Kier alpha value is -8.40. The van der Waals surface area contributed by atoms with E-state index in [-0.39, 0.29) is 0 Å². The second kappa shape index (κ2) is 13.3. The van der Waals surface area contributed by atoms with Crippen molar-refractivity contribution < 1.29 is 4.42 Å². The van der Waals surface area contributed by atoms with Crippen LogP contribution in [0, 0.1) is 0 Å². The zero-order valence-corrected chi connectivity index (χ0v) is 34.7. The first-order valence-electron chi connectivity index (χ1n) is 22.1. The van der Waals surface area contributed by atoms with Crippen molar-refractivity contribution in [1.29, 1.82) is 0 Å². The molecule has 0 saturated carbocycles. The molecule has 1 aliphatic carbocycles. The molecule has 3 nitrogen and oxygen atoms in total. The Morgan fingerprint density at radius 2 is 0.969 bits per heavy atom. The summed E-state index contributed by atoms with van der Waals surface area (Å²) >= 11 is 0. The van der Waals surface area contributed by atoms with Crippen LogP contribution < -0.4 is 4.90 Å². The fourth-order valence-electron chi connectivity index (χ4n) is 11.5. The van der Waals surface area contributed by atoms with Gasteiger partial charge >= 0.3 is 0 Å². The van der Waals surface area contributed by atoms with E-state index in [9.17, 15) is 0 Å². The van der Waals surface area contributed by atoms with Gasteiger partial charge in [-0.15, -0.1) is 0 Å². The Balaban J connectivity index is 1.10. The Bertz CT molecular complexity index is 3870. The maximum atomic E-state index is 6.94. The molecule has 10 aromatic carbocycles. The van der Waals surface area contributed by atoms with Crippen molar-refractivity contribution in [3.63, 3.8) is 0 Å². The third-order valence-electron chi connectivity index (χ3n) is 14.0. The Labute approximate surface area is 370 Å². The van der Waals surface area contributed by atoms with Crippen LogP contribution >= 0.6 is 0 Å². The van der Waals surface area contributed by atoms with Gasteiger partial charge in [0, 0.05) is 32.7 Å². The summed E-state index contributed by atoms with van der Waals surface area (Å²) in [5.41, 5.74) is 20.2. The van der Waals surface area contributed by atoms with Crippen molar-refractivity contribution in [1.82, 2.24) is 4.57 Å². The summed E-state index contributed by atoms with van der Waals surface area (Å²) in [5, 5.41) is 4.73. The van der Waals surface area contributed by atoms with Crippen LogP contribution in [0.15, 0.2) is 235 Å². The maximum absolute atomic E-state index is 6.94. The highest BCUT2D eigenvalue weighted by Crippen LogP contribution is 2.63. The van der Waals surface area contributed by atoms with Crippen molar-refractivity contribution in [3.8, 4) is 39.1 Å². The van der Waals surface area contributed by atoms with Crippen molar-refractivity contribution in [2.45, 2.75) is 5.41 Å². The van der Waals surface area contributed by atoms with E-state index >= 15 is 0 Å². The molecular formula is C61H38N2O.